The zero-order chi connectivity index (χ0) is 23.4. The predicted molar refractivity (Wildman–Crippen MR) is 114 cm³/mol. The molecular formula is C22H24F3N5O3. The minimum Gasteiger partial charge on any atom is -0.490 e. The van der Waals surface area contributed by atoms with E-state index in [1.165, 1.54) is 4.90 Å². The van der Waals surface area contributed by atoms with Crippen LogP contribution < -0.4 is 15.0 Å². The highest BCUT2D eigenvalue weighted by Crippen LogP contribution is 2.26. The molecule has 4 rings (SSSR count). The molecule has 33 heavy (non-hydrogen) atoms. The molecule has 3 heterocycles. The van der Waals surface area contributed by atoms with Crippen molar-refractivity contribution in [3.63, 3.8) is 0 Å². The number of likely N-dealkylation sites (tertiary alicyclic amines) is 1. The number of ether oxygens (including phenoxy) is 1. The molecule has 2 fully saturated rings. The predicted octanol–water partition coefficient (Wildman–Crippen LogP) is 2.87. The Kier molecular flexibility index (Phi) is 6.66. The minimum atomic E-state index is -4.49. The third-order valence-electron chi connectivity index (χ3n) is 5.71. The summed E-state index contributed by atoms with van der Waals surface area (Å²) >= 11 is 0. The fraction of sp³-hybridized carbons (Fsp3) is 0.455. The third kappa shape index (κ3) is 6.11. The van der Waals surface area contributed by atoms with Gasteiger partial charge in [0.05, 0.1) is 5.92 Å². The van der Waals surface area contributed by atoms with Crippen LogP contribution in [0.25, 0.3) is 0 Å². The number of rotatable bonds is 6. The quantitative estimate of drug-likeness (QED) is 0.709. The molecule has 176 valence electrons. The summed E-state index contributed by atoms with van der Waals surface area (Å²) in [5, 5.41) is 10.8. The molecule has 0 saturated carbocycles. The first-order valence-electron chi connectivity index (χ1n) is 10.7. The summed E-state index contributed by atoms with van der Waals surface area (Å²) in [7, 11) is 0. The molecule has 2 aromatic rings. The van der Waals surface area contributed by atoms with Gasteiger partial charge in [0.15, 0.2) is 5.82 Å². The lowest BCUT2D eigenvalue weighted by molar-refractivity contribution is -0.162. The largest absolute Gasteiger partial charge is 0.490 e. The van der Waals surface area contributed by atoms with Gasteiger partial charge in [-0.05, 0) is 36.4 Å². The number of anilines is 2. The van der Waals surface area contributed by atoms with Crippen molar-refractivity contribution in [3.05, 3.63) is 42.6 Å². The number of benzene rings is 1. The normalized spacial score (nSPS) is 17.4. The molecule has 2 aliphatic rings. The molecule has 0 bridgehead atoms. The van der Waals surface area contributed by atoms with Crippen LogP contribution in [0.3, 0.4) is 0 Å². The average molecular weight is 463 g/mol. The van der Waals surface area contributed by atoms with Crippen LogP contribution >= 0.6 is 0 Å². The van der Waals surface area contributed by atoms with Crippen LogP contribution in [-0.4, -0.2) is 65.4 Å². The monoisotopic (exact) mass is 463 g/mol. The van der Waals surface area contributed by atoms with Gasteiger partial charge in [0.1, 0.15) is 18.3 Å². The number of aromatic nitrogens is 2. The zero-order valence-corrected chi connectivity index (χ0v) is 17.8. The van der Waals surface area contributed by atoms with E-state index in [1.807, 2.05) is 11.0 Å². The van der Waals surface area contributed by atoms with Crippen molar-refractivity contribution in [1.29, 1.82) is 0 Å². The van der Waals surface area contributed by atoms with Crippen molar-refractivity contribution in [2.75, 3.05) is 36.4 Å². The summed E-state index contributed by atoms with van der Waals surface area (Å²) in [5.74, 6) is 0.254. The Balaban J connectivity index is 1.19. The van der Waals surface area contributed by atoms with Gasteiger partial charge in [-0.3, -0.25) is 9.59 Å². The lowest BCUT2D eigenvalue weighted by Gasteiger charge is -2.38. The molecule has 1 aromatic carbocycles. The Bertz CT molecular complexity index is 957. The van der Waals surface area contributed by atoms with Crippen molar-refractivity contribution < 1.29 is 27.5 Å². The highest BCUT2D eigenvalue weighted by Gasteiger charge is 2.35. The molecule has 0 spiro atoms. The zero-order valence-electron chi connectivity index (χ0n) is 17.8. The number of carbonyl (C=O) groups is 2. The van der Waals surface area contributed by atoms with Crippen molar-refractivity contribution >= 4 is 23.3 Å². The lowest BCUT2D eigenvalue weighted by atomic mass is 9.99. The van der Waals surface area contributed by atoms with Gasteiger partial charge in [-0.2, -0.15) is 18.3 Å². The number of alkyl halides is 3. The number of hydrogen-bond donors (Lipinski definition) is 1. The van der Waals surface area contributed by atoms with E-state index >= 15 is 0 Å². The molecule has 2 saturated heterocycles. The number of halogens is 3. The lowest BCUT2D eigenvalue weighted by Crippen LogP contribution is -2.52. The van der Waals surface area contributed by atoms with Gasteiger partial charge in [-0.25, -0.2) is 0 Å². The van der Waals surface area contributed by atoms with Crippen LogP contribution in [0.15, 0.2) is 42.6 Å². The topological polar surface area (TPSA) is 87.7 Å². The fourth-order valence-corrected chi connectivity index (χ4v) is 3.85. The molecule has 0 atom stereocenters. The van der Waals surface area contributed by atoms with E-state index in [1.54, 1.807) is 36.5 Å². The van der Waals surface area contributed by atoms with Crippen LogP contribution in [0.2, 0.25) is 0 Å². The van der Waals surface area contributed by atoms with E-state index in [4.69, 9.17) is 4.74 Å². The van der Waals surface area contributed by atoms with E-state index in [0.717, 1.165) is 5.82 Å². The van der Waals surface area contributed by atoms with Crippen LogP contribution in [-0.2, 0) is 9.59 Å². The van der Waals surface area contributed by atoms with Crippen molar-refractivity contribution in [2.24, 2.45) is 5.92 Å². The van der Waals surface area contributed by atoms with E-state index in [0.29, 0.717) is 37.4 Å². The van der Waals surface area contributed by atoms with Crippen molar-refractivity contribution in [2.45, 2.75) is 31.5 Å². The summed E-state index contributed by atoms with van der Waals surface area (Å²) in [6, 6.07) is 10.6. The van der Waals surface area contributed by atoms with E-state index in [-0.39, 0.29) is 31.0 Å². The smallest absolute Gasteiger partial charge is 0.397 e. The first-order valence-corrected chi connectivity index (χ1v) is 10.7. The molecule has 2 aliphatic heterocycles. The highest BCUT2D eigenvalue weighted by atomic mass is 19.4. The molecule has 2 amide bonds. The van der Waals surface area contributed by atoms with Gasteiger partial charge < -0.3 is 19.9 Å². The van der Waals surface area contributed by atoms with Gasteiger partial charge in [0.2, 0.25) is 11.8 Å². The number of nitrogens with one attached hydrogen (secondary N) is 1. The Hall–Kier alpha value is -3.37. The summed E-state index contributed by atoms with van der Waals surface area (Å²) in [4.78, 5) is 27.3. The standard InChI is InChI=1S/C22H24F3N5O3/c23-22(24,25)12-20(31)29-10-7-18(8-11-29)33-17-5-3-16(4-6-17)27-21(32)15-13-30(14-15)19-2-1-9-26-28-19/h1-6,9,15,18H,7-8,10-14H2,(H,27,32). The number of hydrogen-bond acceptors (Lipinski definition) is 6. The fourth-order valence-electron chi connectivity index (χ4n) is 3.85. The van der Waals surface area contributed by atoms with E-state index < -0.39 is 18.5 Å². The van der Waals surface area contributed by atoms with E-state index in [9.17, 15) is 22.8 Å². The van der Waals surface area contributed by atoms with Crippen molar-refractivity contribution in [1.82, 2.24) is 15.1 Å². The SMILES string of the molecule is O=C(Nc1ccc(OC2CCN(C(=O)CC(F)(F)F)CC2)cc1)C1CN(c2cccnn2)C1. The van der Waals surface area contributed by atoms with Crippen LogP contribution in [0.4, 0.5) is 24.7 Å². The molecular weight excluding hydrogens is 439 g/mol. The maximum atomic E-state index is 12.4. The number of amides is 2. The third-order valence-corrected chi connectivity index (χ3v) is 5.71. The first kappa shape index (κ1) is 22.8. The first-order chi connectivity index (χ1) is 15.8. The van der Waals surface area contributed by atoms with E-state index in [2.05, 4.69) is 15.5 Å². The molecule has 11 heteroatoms. The second kappa shape index (κ2) is 9.63. The van der Waals surface area contributed by atoms with Gasteiger partial charge in [-0.15, -0.1) is 5.10 Å². The Morgan fingerprint density at radius 2 is 1.79 bits per heavy atom. The molecule has 8 nitrogen and oxygen atoms in total. The summed E-state index contributed by atoms with van der Waals surface area (Å²) in [6.07, 6.45) is -3.56. The number of piperidine rings is 1. The second-order valence-corrected chi connectivity index (χ2v) is 8.19. The molecule has 1 aromatic heterocycles. The second-order valence-electron chi connectivity index (χ2n) is 8.19. The minimum absolute atomic E-state index is 0.0697. The Morgan fingerprint density at radius 3 is 2.39 bits per heavy atom. The van der Waals surface area contributed by atoms with Crippen LogP contribution in [0.1, 0.15) is 19.3 Å². The summed E-state index contributed by atoms with van der Waals surface area (Å²) in [5.41, 5.74) is 0.651. The van der Waals surface area contributed by atoms with Gasteiger partial charge in [0, 0.05) is 50.9 Å². The average Bonchev–Trinajstić information content (AvgIpc) is 2.74. The van der Waals surface area contributed by atoms with Crippen LogP contribution in [0.5, 0.6) is 5.75 Å². The van der Waals surface area contributed by atoms with Crippen LogP contribution in [0, 0.1) is 5.92 Å². The molecule has 1 N–H and O–H groups in total. The van der Waals surface area contributed by atoms with Gasteiger partial charge >= 0.3 is 6.18 Å². The van der Waals surface area contributed by atoms with Gasteiger partial charge in [0.25, 0.3) is 0 Å². The molecule has 0 radical (unpaired) electrons. The molecule has 0 aliphatic carbocycles. The number of carbonyl (C=O) groups excluding carboxylic acids is 2. The maximum Gasteiger partial charge on any atom is 0.397 e. The summed E-state index contributed by atoms with van der Waals surface area (Å²) < 4.78 is 43.1. The van der Waals surface area contributed by atoms with Crippen molar-refractivity contribution in [3.8, 4) is 5.75 Å². The van der Waals surface area contributed by atoms with Gasteiger partial charge in [-0.1, -0.05) is 0 Å². The summed E-state index contributed by atoms with van der Waals surface area (Å²) in [6.45, 7) is 1.63. The Morgan fingerprint density at radius 1 is 1.09 bits per heavy atom. The number of nitrogens with zero attached hydrogens (tertiary/aromatic N) is 4. The maximum absolute atomic E-state index is 12.4. The highest BCUT2D eigenvalue weighted by molar-refractivity contribution is 5.94. The Labute approximate surface area is 188 Å². The molecule has 0 unspecified atom stereocenters.